The van der Waals surface area contributed by atoms with E-state index in [1.165, 1.54) is 18.3 Å². The molecule has 0 saturated carbocycles. The number of anilines is 1. The zero-order chi connectivity index (χ0) is 21.5. The van der Waals surface area contributed by atoms with Crippen molar-refractivity contribution in [1.82, 2.24) is 9.88 Å². The van der Waals surface area contributed by atoms with Gasteiger partial charge in [-0.25, -0.2) is 9.37 Å². The van der Waals surface area contributed by atoms with Crippen LogP contribution >= 0.6 is 11.8 Å². The lowest BCUT2D eigenvalue weighted by Crippen LogP contribution is -2.30. The minimum Gasteiger partial charge on any atom is -0.431 e. The van der Waals surface area contributed by atoms with E-state index in [1.54, 1.807) is 41.3 Å². The Labute approximate surface area is 178 Å². The van der Waals surface area contributed by atoms with Crippen LogP contribution in [0.5, 0.6) is 0 Å². The zero-order valence-electron chi connectivity index (χ0n) is 16.7. The van der Waals surface area contributed by atoms with Crippen LogP contribution in [0, 0.1) is 5.82 Å². The number of amides is 2. The van der Waals surface area contributed by atoms with E-state index in [1.807, 2.05) is 13.8 Å². The summed E-state index contributed by atoms with van der Waals surface area (Å²) in [5.41, 5.74) is 1.79. The number of hydrogen-bond acceptors (Lipinski definition) is 5. The van der Waals surface area contributed by atoms with Gasteiger partial charge in [0.05, 0.1) is 11.9 Å². The molecule has 6 nitrogen and oxygen atoms in total. The molecule has 0 aliphatic carbocycles. The van der Waals surface area contributed by atoms with Gasteiger partial charge in [-0.05, 0) is 56.3 Å². The van der Waals surface area contributed by atoms with Crippen molar-refractivity contribution in [2.75, 3.05) is 24.2 Å². The first-order chi connectivity index (χ1) is 14.5. The zero-order valence-corrected chi connectivity index (χ0v) is 17.5. The molecule has 0 spiro atoms. The Morgan fingerprint density at radius 3 is 2.57 bits per heavy atom. The summed E-state index contributed by atoms with van der Waals surface area (Å²) in [6.45, 7) is 5.10. The van der Waals surface area contributed by atoms with Gasteiger partial charge in [0.1, 0.15) is 5.82 Å². The second kappa shape index (κ2) is 10.1. The van der Waals surface area contributed by atoms with Gasteiger partial charge in [0, 0.05) is 29.9 Å². The second-order valence-corrected chi connectivity index (χ2v) is 7.32. The Kier molecular flexibility index (Phi) is 7.24. The fraction of sp³-hybridized carbons (Fsp3) is 0.227. The number of nitrogens with zero attached hydrogens (tertiary/aromatic N) is 2. The smallest absolute Gasteiger partial charge is 0.256 e. The third kappa shape index (κ3) is 5.48. The number of nitrogens with one attached hydrogen (secondary N) is 1. The van der Waals surface area contributed by atoms with Crippen LogP contribution in [0.1, 0.15) is 24.2 Å². The summed E-state index contributed by atoms with van der Waals surface area (Å²) in [4.78, 5) is 30.6. The molecule has 156 valence electrons. The summed E-state index contributed by atoms with van der Waals surface area (Å²) in [7, 11) is 0. The van der Waals surface area contributed by atoms with E-state index in [4.69, 9.17) is 4.42 Å². The van der Waals surface area contributed by atoms with Crippen molar-refractivity contribution in [2.45, 2.75) is 19.1 Å². The van der Waals surface area contributed by atoms with Crippen molar-refractivity contribution >= 4 is 29.3 Å². The number of thioether (sulfide) groups is 1. The van der Waals surface area contributed by atoms with Crippen molar-refractivity contribution in [3.63, 3.8) is 0 Å². The van der Waals surface area contributed by atoms with E-state index in [2.05, 4.69) is 10.3 Å². The van der Waals surface area contributed by atoms with Crippen molar-refractivity contribution in [3.8, 4) is 11.3 Å². The lowest BCUT2D eigenvalue weighted by molar-refractivity contribution is -0.113. The Hall–Kier alpha value is -3.13. The lowest BCUT2D eigenvalue weighted by atomic mass is 10.1. The Morgan fingerprint density at radius 2 is 1.87 bits per heavy atom. The average Bonchev–Trinajstić information content (AvgIpc) is 3.23. The molecular weight excluding hydrogens is 405 g/mol. The molecule has 0 saturated heterocycles. The summed E-state index contributed by atoms with van der Waals surface area (Å²) in [6.07, 6.45) is 1.54. The predicted molar refractivity (Wildman–Crippen MR) is 115 cm³/mol. The number of benzene rings is 2. The fourth-order valence-electron chi connectivity index (χ4n) is 2.82. The number of oxazole rings is 1. The Balaban J connectivity index is 1.57. The van der Waals surface area contributed by atoms with Crippen LogP contribution < -0.4 is 5.32 Å². The quantitative estimate of drug-likeness (QED) is 0.528. The lowest BCUT2D eigenvalue weighted by Gasteiger charge is -2.19. The van der Waals surface area contributed by atoms with E-state index in [-0.39, 0.29) is 23.4 Å². The number of aromatic nitrogens is 1. The van der Waals surface area contributed by atoms with Gasteiger partial charge < -0.3 is 14.6 Å². The first-order valence-electron chi connectivity index (χ1n) is 9.54. The van der Waals surface area contributed by atoms with E-state index in [0.29, 0.717) is 40.9 Å². The monoisotopic (exact) mass is 427 g/mol. The molecule has 0 aliphatic heterocycles. The van der Waals surface area contributed by atoms with Gasteiger partial charge in [-0.1, -0.05) is 17.8 Å². The van der Waals surface area contributed by atoms with Gasteiger partial charge in [0.2, 0.25) is 5.91 Å². The summed E-state index contributed by atoms with van der Waals surface area (Å²) in [5.74, 6) is -0.0436. The maximum absolute atomic E-state index is 13.0. The molecular formula is C22H22FN3O3S. The highest BCUT2D eigenvalue weighted by molar-refractivity contribution is 7.99. The molecule has 1 aromatic heterocycles. The minimum absolute atomic E-state index is 0.0708. The Bertz CT molecular complexity index is 1020. The van der Waals surface area contributed by atoms with Crippen molar-refractivity contribution in [1.29, 1.82) is 0 Å². The molecule has 8 heteroatoms. The molecule has 0 fully saturated rings. The van der Waals surface area contributed by atoms with Crippen LogP contribution in [0.2, 0.25) is 0 Å². The van der Waals surface area contributed by atoms with Crippen LogP contribution in [0.25, 0.3) is 11.3 Å². The summed E-state index contributed by atoms with van der Waals surface area (Å²) in [6, 6.07) is 12.8. The predicted octanol–water partition coefficient (Wildman–Crippen LogP) is 4.69. The van der Waals surface area contributed by atoms with Crippen molar-refractivity contribution in [2.24, 2.45) is 0 Å². The van der Waals surface area contributed by atoms with Crippen molar-refractivity contribution < 1.29 is 18.4 Å². The number of hydrogen-bond donors (Lipinski definition) is 1. The normalized spacial score (nSPS) is 10.6. The maximum Gasteiger partial charge on any atom is 0.256 e. The first-order valence-corrected chi connectivity index (χ1v) is 10.5. The van der Waals surface area contributed by atoms with Crippen LogP contribution in [-0.4, -0.2) is 40.5 Å². The van der Waals surface area contributed by atoms with Crippen LogP contribution in [-0.2, 0) is 4.79 Å². The summed E-state index contributed by atoms with van der Waals surface area (Å²) < 4.78 is 18.6. The van der Waals surface area contributed by atoms with Crippen LogP contribution in [0.4, 0.5) is 10.1 Å². The average molecular weight is 428 g/mol. The summed E-state index contributed by atoms with van der Waals surface area (Å²) >= 11 is 1.15. The molecule has 0 bridgehead atoms. The number of carbonyl (C=O) groups excluding carboxylic acids is 2. The number of halogens is 1. The number of carbonyl (C=O) groups is 2. The number of rotatable bonds is 8. The van der Waals surface area contributed by atoms with Crippen LogP contribution in [0.3, 0.4) is 0 Å². The van der Waals surface area contributed by atoms with Gasteiger partial charge in [0.15, 0.2) is 5.76 Å². The molecule has 1 heterocycles. The molecule has 2 aromatic carbocycles. The molecule has 3 rings (SSSR count). The van der Waals surface area contributed by atoms with Crippen molar-refractivity contribution in [3.05, 3.63) is 66.1 Å². The highest BCUT2D eigenvalue weighted by atomic mass is 32.2. The van der Waals surface area contributed by atoms with Gasteiger partial charge in [0.25, 0.3) is 11.1 Å². The SMILES string of the molecule is CCN(CC)C(=O)c1cccc(NC(=O)CSc2ncc(-c3ccc(F)cc3)o2)c1. The van der Waals surface area contributed by atoms with Gasteiger partial charge in [-0.15, -0.1) is 0 Å². The molecule has 0 radical (unpaired) electrons. The highest BCUT2D eigenvalue weighted by Gasteiger charge is 2.14. The topological polar surface area (TPSA) is 75.4 Å². The maximum atomic E-state index is 13.0. The minimum atomic E-state index is -0.326. The molecule has 0 aliphatic rings. The molecule has 0 atom stereocenters. The van der Waals surface area contributed by atoms with E-state index in [0.717, 1.165) is 11.8 Å². The molecule has 2 amide bonds. The standard InChI is InChI=1S/C22H22FN3O3S/c1-3-26(4-2)21(28)16-6-5-7-18(12-16)25-20(27)14-30-22-24-13-19(29-22)15-8-10-17(23)11-9-15/h5-13H,3-4,14H2,1-2H3,(H,25,27). The molecule has 3 aromatic rings. The van der Waals surface area contributed by atoms with Gasteiger partial charge in [-0.3, -0.25) is 9.59 Å². The third-order valence-electron chi connectivity index (χ3n) is 4.38. The molecule has 0 unspecified atom stereocenters. The largest absolute Gasteiger partial charge is 0.431 e. The van der Waals surface area contributed by atoms with E-state index >= 15 is 0 Å². The summed E-state index contributed by atoms with van der Waals surface area (Å²) in [5, 5.41) is 3.13. The van der Waals surface area contributed by atoms with Gasteiger partial charge >= 0.3 is 0 Å². The highest BCUT2D eigenvalue weighted by Crippen LogP contribution is 2.25. The van der Waals surface area contributed by atoms with E-state index in [9.17, 15) is 14.0 Å². The van der Waals surface area contributed by atoms with Crippen LogP contribution in [0.15, 0.2) is 64.4 Å². The molecule has 1 N–H and O–H groups in total. The molecule has 30 heavy (non-hydrogen) atoms. The first kappa shape index (κ1) is 21.6. The fourth-order valence-corrected chi connectivity index (χ4v) is 3.42. The second-order valence-electron chi connectivity index (χ2n) is 6.39. The van der Waals surface area contributed by atoms with E-state index < -0.39 is 0 Å². The third-order valence-corrected chi connectivity index (χ3v) is 5.23. The Morgan fingerprint density at radius 1 is 1.13 bits per heavy atom. The van der Waals surface area contributed by atoms with Gasteiger partial charge in [-0.2, -0.15) is 0 Å².